The summed E-state index contributed by atoms with van der Waals surface area (Å²) in [4.78, 5) is 4.08. The number of nitrogens with one attached hydrogen (secondary N) is 1. The number of pyridine rings is 1. The van der Waals surface area contributed by atoms with Gasteiger partial charge in [-0.05, 0) is 36.0 Å². The largest absolute Gasteiger partial charge is 0.382 e. The minimum atomic E-state index is 0.565. The van der Waals surface area contributed by atoms with Crippen molar-refractivity contribution in [3.8, 4) is 0 Å². The van der Waals surface area contributed by atoms with E-state index in [-0.39, 0.29) is 0 Å². The molecule has 1 heterocycles. The molecule has 1 aromatic heterocycles. The molecule has 0 aliphatic heterocycles. The molecule has 2 atom stereocenters. The Bertz CT molecular complexity index is 525. The first kappa shape index (κ1) is 14.4. The van der Waals surface area contributed by atoms with Crippen molar-refractivity contribution in [1.29, 1.82) is 0 Å². The maximum absolute atomic E-state index is 5.83. The van der Waals surface area contributed by atoms with Gasteiger partial charge in [-0.25, -0.2) is 4.98 Å². The zero-order chi connectivity index (χ0) is 14.4. The average molecular weight is 269 g/mol. The van der Waals surface area contributed by atoms with Crippen LogP contribution in [0.25, 0.3) is 0 Å². The molecule has 0 bridgehead atoms. The van der Waals surface area contributed by atoms with Crippen molar-refractivity contribution in [3.63, 3.8) is 0 Å². The van der Waals surface area contributed by atoms with Crippen molar-refractivity contribution in [2.75, 3.05) is 17.6 Å². The van der Waals surface area contributed by atoms with Crippen LogP contribution in [0.15, 0.2) is 48.7 Å². The van der Waals surface area contributed by atoms with E-state index in [4.69, 9.17) is 5.73 Å². The molecule has 2 rings (SSSR count). The van der Waals surface area contributed by atoms with Gasteiger partial charge in [0.05, 0.1) is 5.69 Å². The van der Waals surface area contributed by atoms with Crippen molar-refractivity contribution < 1.29 is 0 Å². The Morgan fingerprint density at radius 1 is 1.05 bits per heavy atom. The number of nitrogens with zero attached hydrogens (tertiary/aromatic N) is 1. The molecule has 3 nitrogen and oxygen atoms in total. The van der Waals surface area contributed by atoms with E-state index in [1.807, 2.05) is 12.1 Å². The third-order valence-electron chi connectivity index (χ3n) is 3.82. The van der Waals surface area contributed by atoms with Crippen molar-refractivity contribution in [1.82, 2.24) is 4.98 Å². The summed E-state index contributed by atoms with van der Waals surface area (Å²) in [7, 11) is 0. The predicted molar refractivity (Wildman–Crippen MR) is 85.6 cm³/mol. The highest BCUT2D eigenvalue weighted by Crippen LogP contribution is 2.19. The van der Waals surface area contributed by atoms with Gasteiger partial charge in [0.2, 0.25) is 0 Å². The highest BCUT2D eigenvalue weighted by atomic mass is 14.9. The predicted octanol–water partition coefficient (Wildman–Crippen LogP) is 3.59. The third kappa shape index (κ3) is 3.98. The van der Waals surface area contributed by atoms with Crippen LogP contribution in [0.4, 0.5) is 11.5 Å². The standard InChI is InChI=1S/C17H23N3/c1-13(11-15-7-4-3-5-8-15)14(2)12-20-16-9-6-10-19-17(16)18/h3-10,13-14,20H,11-12H2,1-2H3,(H2,18,19). The van der Waals surface area contributed by atoms with Crippen LogP contribution in [-0.2, 0) is 6.42 Å². The summed E-state index contributed by atoms with van der Waals surface area (Å²) in [5.41, 5.74) is 8.15. The lowest BCUT2D eigenvalue weighted by Crippen LogP contribution is -2.20. The molecule has 20 heavy (non-hydrogen) atoms. The third-order valence-corrected chi connectivity index (χ3v) is 3.82. The first-order chi connectivity index (χ1) is 9.66. The van der Waals surface area contributed by atoms with Crippen LogP contribution in [0.2, 0.25) is 0 Å². The Labute approximate surface area is 121 Å². The van der Waals surface area contributed by atoms with E-state index in [1.165, 1.54) is 5.56 Å². The van der Waals surface area contributed by atoms with Gasteiger partial charge in [0.1, 0.15) is 5.82 Å². The minimum Gasteiger partial charge on any atom is -0.382 e. The summed E-state index contributed by atoms with van der Waals surface area (Å²) in [6.07, 6.45) is 2.81. The molecule has 2 unspecified atom stereocenters. The molecule has 0 saturated carbocycles. The van der Waals surface area contributed by atoms with E-state index < -0.39 is 0 Å². The van der Waals surface area contributed by atoms with E-state index >= 15 is 0 Å². The number of hydrogen-bond acceptors (Lipinski definition) is 3. The second-order valence-corrected chi connectivity index (χ2v) is 5.46. The number of hydrogen-bond donors (Lipinski definition) is 2. The smallest absolute Gasteiger partial charge is 0.146 e. The van der Waals surface area contributed by atoms with Crippen LogP contribution in [0.5, 0.6) is 0 Å². The number of benzene rings is 1. The van der Waals surface area contributed by atoms with E-state index in [0.29, 0.717) is 17.7 Å². The van der Waals surface area contributed by atoms with Gasteiger partial charge in [-0.2, -0.15) is 0 Å². The van der Waals surface area contributed by atoms with Crippen LogP contribution < -0.4 is 11.1 Å². The highest BCUT2D eigenvalue weighted by molar-refractivity contribution is 5.60. The fraction of sp³-hybridized carbons (Fsp3) is 0.353. The van der Waals surface area contributed by atoms with Crippen molar-refractivity contribution in [2.24, 2.45) is 11.8 Å². The van der Waals surface area contributed by atoms with Gasteiger partial charge < -0.3 is 11.1 Å². The number of nitrogens with two attached hydrogens (primary N) is 1. The van der Waals surface area contributed by atoms with Gasteiger partial charge in [0.25, 0.3) is 0 Å². The van der Waals surface area contributed by atoms with Gasteiger partial charge in [0.15, 0.2) is 0 Å². The molecule has 106 valence electrons. The van der Waals surface area contributed by atoms with Gasteiger partial charge in [0, 0.05) is 12.7 Å². The fourth-order valence-electron chi connectivity index (χ4n) is 2.23. The van der Waals surface area contributed by atoms with E-state index in [2.05, 4.69) is 54.5 Å². The Morgan fingerprint density at radius 3 is 2.50 bits per heavy atom. The van der Waals surface area contributed by atoms with E-state index in [1.54, 1.807) is 6.20 Å². The fourth-order valence-corrected chi connectivity index (χ4v) is 2.23. The van der Waals surface area contributed by atoms with E-state index in [0.717, 1.165) is 18.7 Å². The number of aromatic nitrogens is 1. The summed E-state index contributed by atoms with van der Waals surface area (Å²) >= 11 is 0. The lowest BCUT2D eigenvalue weighted by Gasteiger charge is -2.21. The summed E-state index contributed by atoms with van der Waals surface area (Å²) in [5.74, 6) is 1.74. The summed E-state index contributed by atoms with van der Waals surface area (Å²) in [6, 6.07) is 14.5. The normalized spacial score (nSPS) is 13.7. The van der Waals surface area contributed by atoms with Crippen molar-refractivity contribution in [2.45, 2.75) is 20.3 Å². The van der Waals surface area contributed by atoms with Gasteiger partial charge in [-0.15, -0.1) is 0 Å². The zero-order valence-corrected chi connectivity index (χ0v) is 12.2. The van der Waals surface area contributed by atoms with Crippen molar-refractivity contribution >= 4 is 11.5 Å². The van der Waals surface area contributed by atoms with Gasteiger partial charge >= 0.3 is 0 Å². The number of nitrogen functional groups attached to an aromatic ring is 1. The van der Waals surface area contributed by atoms with Crippen LogP contribution in [0.3, 0.4) is 0 Å². The highest BCUT2D eigenvalue weighted by Gasteiger charge is 2.13. The summed E-state index contributed by atoms with van der Waals surface area (Å²) in [6.45, 7) is 5.48. The summed E-state index contributed by atoms with van der Waals surface area (Å²) in [5, 5.41) is 3.39. The molecule has 0 saturated heterocycles. The lowest BCUT2D eigenvalue weighted by molar-refractivity contribution is 0.403. The molecule has 0 fully saturated rings. The Balaban J connectivity index is 1.85. The number of anilines is 2. The van der Waals surface area contributed by atoms with Crippen LogP contribution in [0, 0.1) is 11.8 Å². The van der Waals surface area contributed by atoms with Crippen LogP contribution in [0.1, 0.15) is 19.4 Å². The molecule has 0 amide bonds. The molecule has 0 radical (unpaired) electrons. The molecule has 0 aliphatic rings. The molecular weight excluding hydrogens is 246 g/mol. The Hall–Kier alpha value is -2.03. The summed E-state index contributed by atoms with van der Waals surface area (Å²) < 4.78 is 0. The molecular formula is C17H23N3. The maximum Gasteiger partial charge on any atom is 0.146 e. The maximum atomic E-state index is 5.83. The second kappa shape index (κ2) is 6.94. The number of rotatable bonds is 6. The van der Waals surface area contributed by atoms with E-state index in [9.17, 15) is 0 Å². The molecule has 0 aliphatic carbocycles. The minimum absolute atomic E-state index is 0.565. The molecule has 2 aromatic rings. The first-order valence-corrected chi connectivity index (χ1v) is 7.15. The van der Waals surface area contributed by atoms with Crippen molar-refractivity contribution in [3.05, 3.63) is 54.2 Å². The quantitative estimate of drug-likeness (QED) is 0.842. The van der Waals surface area contributed by atoms with Gasteiger partial charge in [-0.1, -0.05) is 44.2 Å². The second-order valence-electron chi connectivity index (χ2n) is 5.46. The van der Waals surface area contributed by atoms with Gasteiger partial charge in [-0.3, -0.25) is 0 Å². The monoisotopic (exact) mass is 269 g/mol. The zero-order valence-electron chi connectivity index (χ0n) is 12.2. The Kier molecular flexibility index (Phi) is 4.99. The Morgan fingerprint density at radius 2 is 1.80 bits per heavy atom. The first-order valence-electron chi connectivity index (χ1n) is 7.15. The van der Waals surface area contributed by atoms with Crippen LogP contribution in [-0.4, -0.2) is 11.5 Å². The average Bonchev–Trinajstić information content (AvgIpc) is 2.47. The molecule has 0 spiro atoms. The lowest BCUT2D eigenvalue weighted by atomic mass is 9.89. The topological polar surface area (TPSA) is 50.9 Å². The molecule has 3 N–H and O–H groups in total. The molecule has 1 aromatic carbocycles. The molecule has 3 heteroatoms. The van der Waals surface area contributed by atoms with Crippen LogP contribution >= 0.6 is 0 Å². The SMILES string of the molecule is CC(CNc1cccnc1N)C(C)Cc1ccccc1.